The van der Waals surface area contributed by atoms with Gasteiger partial charge in [0.2, 0.25) is 5.91 Å². The van der Waals surface area contributed by atoms with E-state index in [2.05, 4.69) is 9.97 Å². The second-order valence-corrected chi connectivity index (χ2v) is 7.69. The Labute approximate surface area is 158 Å². The van der Waals surface area contributed by atoms with E-state index in [9.17, 15) is 4.79 Å². The number of nitrogens with zero attached hydrogens (tertiary/aromatic N) is 3. The van der Waals surface area contributed by atoms with Crippen LogP contribution in [0.1, 0.15) is 0 Å². The van der Waals surface area contributed by atoms with E-state index >= 15 is 0 Å². The normalized spacial score (nSPS) is 12.4. The molecule has 7 heteroatoms. The van der Waals surface area contributed by atoms with E-state index in [0.29, 0.717) is 10.2 Å². The number of aromatic nitrogens is 2. The third kappa shape index (κ3) is 3.38. The number of anilines is 2. The predicted molar refractivity (Wildman–Crippen MR) is 102 cm³/mol. The smallest absolute Gasteiger partial charge is 0.242 e. The summed E-state index contributed by atoms with van der Waals surface area (Å²) in [7, 11) is 0. The number of fused-ring (bicyclic) bond motifs is 2. The lowest BCUT2D eigenvalue weighted by molar-refractivity contribution is -0.115. The van der Waals surface area contributed by atoms with Gasteiger partial charge in [-0.15, -0.1) is 0 Å². The van der Waals surface area contributed by atoms with Crippen LogP contribution in [0.15, 0.2) is 75.9 Å². The molecule has 0 bridgehead atoms. The Kier molecular flexibility index (Phi) is 4.65. The number of carbonyl (C=O) groups excluding carboxylic acids is 1. The first-order valence-electron chi connectivity index (χ1n) is 7.51. The van der Waals surface area contributed by atoms with E-state index in [1.54, 1.807) is 35.1 Å². The topological polar surface area (TPSA) is 46.1 Å². The van der Waals surface area contributed by atoms with E-state index in [1.165, 1.54) is 11.8 Å². The number of hydrogen-bond acceptors (Lipinski definition) is 5. The van der Waals surface area contributed by atoms with Gasteiger partial charge in [-0.05, 0) is 36.4 Å². The van der Waals surface area contributed by atoms with Gasteiger partial charge in [0.25, 0.3) is 0 Å². The molecule has 1 aliphatic heterocycles. The van der Waals surface area contributed by atoms with Crippen molar-refractivity contribution in [2.75, 3.05) is 10.7 Å². The summed E-state index contributed by atoms with van der Waals surface area (Å²) in [5.41, 5.74) is 1.69. The molecule has 1 aromatic heterocycles. The first-order chi connectivity index (χ1) is 12.2. The van der Waals surface area contributed by atoms with Crippen molar-refractivity contribution < 1.29 is 4.79 Å². The zero-order valence-corrected chi connectivity index (χ0v) is 15.3. The van der Waals surface area contributed by atoms with Crippen molar-refractivity contribution in [1.29, 1.82) is 0 Å². The number of amides is 1. The van der Waals surface area contributed by atoms with E-state index in [4.69, 9.17) is 11.6 Å². The minimum atomic E-state index is -0.0336. The molecule has 25 heavy (non-hydrogen) atoms. The molecule has 0 saturated carbocycles. The summed E-state index contributed by atoms with van der Waals surface area (Å²) in [6.45, 7) is 0. The third-order valence-corrected chi connectivity index (χ3v) is 5.83. The second-order valence-electron chi connectivity index (χ2n) is 5.23. The van der Waals surface area contributed by atoms with Crippen LogP contribution in [0.5, 0.6) is 0 Å². The Balaban J connectivity index is 1.68. The van der Waals surface area contributed by atoms with Crippen molar-refractivity contribution in [2.45, 2.75) is 14.9 Å². The van der Waals surface area contributed by atoms with Gasteiger partial charge in [0.1, 0.15) is 0 Å². The van der Waals surface area contributed by atoms with Gasteiger partial charge in [-0.25, -0.2) is 9.97 Å². The fraction of sp³-hybridized carbons (Fsp3) is 0.0556. The summed E-state index contributed by atoms with van der Waals surface area (Å²) < 4.78 is 0. The van der Waals surface area contributed by atoms with Crippen LogP contribution in [-0.2, 0) is 4.79 Å². The standard InChI is InChI=1S/C18H12ClN3OS2/c19-12-6-7-16-14(10-12)22(13-4-1-2-5-15(13)25-16)17(23)11-24-18-20-8-3-9-21-18/h1-10H,11H2. The molecule has 1 amide bonds. The van der Waals surface area contributed by atoms with Crippen molar-refractivity contribution in [3.05, 3.63) is 65.9 Å². The Bertz CT molecular complexity index is 937. The molecule has 124 valence electrons. The molecule has 3 aromatic rings. The van der Waals surface area contributed by atoms with Gasteiger partial charge in [-0.1, -0.05) is 47.3 Å². The van der Waals surface area contributed by atoms with Gasteiger partial charge < -0.3 is 0 Å². The fourth-order valence-corrected chi connectivity index (χ4v) is 4.40. The molecule has 2 aromatic carbocycles. The quantitative estimate of drug-likeness (QED) is 0.466. The SMILES string of the molecule is O=C(CSc1ncccn1)N1c2ccccc2Sc2ccc(Cl)cc21. The van der Waals surface area contributed by atoms with Crippen molar-refractivity contribution in [3.8, 4) is 0 Å². The number of hydrogen-bond donors (Lipinski definition) is 0. The third-order valence-electron chi connectivity index (χ3n) is 3.60. The molecule has 0 atom stereocenters. The molecule has 0 N–H and O–H groups in total. The summed E-state index contributed by atoms with van der Waals surface area (Å²) in [4.78, 5) is 25.1. The van der Waals surface area contributed by atoms with Crippen molar-refractivity contribution in [1.82, 2.24) is 9.97 Å². The number of carbonyl (C=O) groups is 1. The van der Waals surface area contributed by atoms with Gasteiger partial charge in [0.05, 0.1) is 17.1 Å². The first kappa shape index (κ1) is 16.4. The Morgan fingerprint density at radius 2 is 1.80 bits per heavy atom. The van der Waals surface area contributed by atoms with E-state index < -0.39 is 0 Å². The lowest BCUT2D eigenvalue weighted by atomic mass is 10.2. The molecule has 0 unspecified atom stereocenters. The highest BCUT2D eigenvalue weighted by molar-refractivity contribution is 8.00. The van der Waals surface area contributed by atoms with Crippen LogP contribution in [0.2, 0.25) is 5.02 Å². The highest BCUT2D eigenvalue weighted by Crippen LogP contribution is 2.48. The van der Waals surface area contributed by atoms with Crippen LogP contribution in [0.4, 0.5) is 11.4 Å². The van der Waals surface area contributed by atoms with E-state index in [-0.39, 0.29) is 11.7 Å². The molecule has 1 aliphatic rings. The monoisotopic (exact) mass is 385 g/mol. The van der Waals surface area contributed by atoms with Gasteiger partial charge in [0, 0.05) is 27.2 Å². The molecular formula is C18H12ClN3OS2. The number of thioether (sulfide) groups is 1. The summed E-state index contributed by atoms with van der Waals surface area (Å²) >= 11 is 9.14. The summed E-state index contributed by atoms with van der Waals surface area (Å²) in [6.07, 6.45) is 3.34. The zero-order chi connectivity index (χ0) is 17.2. The first-order valence-corrected chi connectivity index (χ1v) is 9.69. The van der Waals surface area contributed by atoms with Crippen molar-refractivity contribution >= 4 is 52.4 Å². The fourth-order valence-electron chi connectivity index (χ4n) is 2.55. The summed E-state index contributed by atoms with van der Waals surface area (Å²) in [5.74, 6) is 0.211. The minimum Gasteiger partial charge on any atom is -0.278 e. The number of rotatable bonds is 3. The molecule has 0 aliphatic carbocycles. The maximum Gasteiger partial charge on any atom is 0.242 e. The van der Waals surface area contributed by atoms with Gasteiger partial charge in [0.15, 0.2) is 5.16 Å². The number of para-hydroxylation sites is 1. The molecule has 0 saturated heterocycles. The maximum absolute atomic E-state index is 13.0. The Morgan fingerprint density at radius 3 is 2.64 bits per heavy atom. The van der Waals surface area contributed by atoms with E-state index in [0.717, 1.165) is 21.2 Å². The van der Waals surface area contributed by atoms with Crippen LogP contribution in [-0.4, -0.2) is 21.6 Å². The molecule has 0 fully saturated rings. The molecule has 2 heterocycles. The molecule has 4 rings (SSSR count). The van der Waals surface area contributed by atoms with Crippen molar-refractivity contribution in [2.24, 2.45) is 0 Å². The lowest BCUT2D eigenvalue weighted by Crippen LogP contribution is -2.30. The van der Waals surface area contributed by atoms with Gasteiger partial charge >= 0.3 is 0 Å². The average Bonchev–Trinajstić information content (AvgIpc) is 2.65. The van der Waals surface area contributed by atoms with Crippen LogP contribution < -0.4 is 4.90 Å². The molecular weight excluding hydrogens is 374 g/mol. The van der Waals surface area contributed by atoms with Crippen molar-refractivity contribution in [3.63, 3.8) is 0 Å². The largest absolute Gasteiger partial charge is 0.278 e. The van der Waals surface area contributed by atoms with Crippen LogP contribution in [0, 0.1) is 0 Å². The molecule has 4 nitrogen and oxygen atoms in total. The summed E-state index contributed by atoms with van der Waals surface area (Å²) in [6, 6.07) is 15.3. The van der Waals surface area contributed by atoms with Crippen LogP contribution in [0.25, 0.3) is 0 Å². The number of benzene rings is 2. The predicted octanol–water partition coefficient (Wildman–Crippen LogP) is 5.05. The van der Waals surface area contributed by atoms with Gasteiger partial charge in [-0.2, -0.15) is 0 Å². The van der Waals surface area contributed by atoms with Crippen LogP contribution in [0.3, 0.4) is 0 Å². The lowest BCUT2D eigenvalue weighted by Gasteiger charge is -2.31. The molecule has 0 radical (unpaired) electrons. The number of halogens is 1. The summed E-state index contributed by atoms with van der Waals surface area (Å²) in [5, 5.41) is 1.19. The average molecular weight is 386 g/mol. The molecule has 0 spiro atoms. The highest BCUT2D eigenvalue weighted by atomic mass is 35.5. The highest BCUT2D eigenvalue weighted by Gasteiger charge is 2.28. The Hall–Kier alpha value is -2.02. The Morgan fingerprint density at radius 1 is 1.04 bits per heavy atom. The van der Waals surface area contributed by atoms with Crippen LogP contribution >= 0.6 is 35.1 Å². The maximum atomic E-state index is 13.0. The second kappa shape index (κ2) is 7.07. The minimum absolute atomic E-state index is 0.0336. The zero-order valence-electron chi connectivity index (χ0n) is 12.9. The van der Waals surface area contributed by atoms with Gasteiger partial charge in [-0.3, -0.25) is 9.69 Å². The van der Waals surface area contributed by atoms with E-state index in [1.807, 2.05) is 42.5 Å².